The number of hydrogen-bond acceptors (Lipinski definition) is 3. The van der Waals surface area contributed by atoms with Crippen LogP contribution < -0.4 is 14.8 Å². The van der Waals surface area contributed by atoms with Crippen LogP contribution in [0.15, 0.2) is 48.5 Å². The summed E-state index contributed by atoms with van der Waals surface area (Å²) < 4.78 is 10.9. The molecule has 1 aromatic heterocycles. The van der Waals surface area contributed by atoms with Gasteiger partial charge in [0.25, 0.3) is 5.91 Å². The monoisotopic (exact) mass is 324 g/mol. The average molecular weight is 324 g/mol. The van der Waals surface area contributed by atoms with Crippen molar-refractivity contribution in [3.05, 3.63) is 59.8 Å². The first kappa shape index (κ1) is 15.9. The number of ether oxygens (including phenoxy) is 2. The highest BCUT2D eigenvalue weighted by Gasteiger charge is 2.09. The molecule has 0 fully saturated rings. The van der Waals surface area contributed by atoms with Crippen LogP contribution in [0, 0.1) is 6.92 Å². The van der Waals surface area contributed by atoms with Gasteiger partial charge >= 0.3 is 0 Å². The van der Waals surface area contributed by atoms with E-state index >= 15 is 0 Å². The van der Waals surface area contributed by atoms with Crippen LogP contribution in [0.25, 0.3) is 10.9 Å². The van der Waals surface area contributed by atoms with Crippen molar-refractivity contribution in [3.8, 4) is 11.5 Å². The summed E-state index contributed by atoms with van der Waals surface area (Å²) in [6.45, 7) is 2.80. The fourth-order valence-electron chi connectivity index (χ4n) is 2.53. The Morgan fingerprint density at radius 3 is 2.71 bits per heavy atom. The Hall–Kier alpha value is -2.95. The van der Waals surface area contributed by atoms with Crippen molar-refractivity contribution in [1.29, 1.82) is 0 Å². The molecule has 0 aliphatic rings. The Morgan fingerprint density at radius 1 is 1.12 bits per heavy atom. The Kier molecular flexibility index (Phi) is 4.70. The van der Waals surface area contributed by atoms with E-state index in [4.69, 9.17) is 9.47 Å². The number of amides is 1. The summed E-state index contributed by atoms with van der Waals surface area (Å²) in [5.41, 5.74) is 2.67. The lowest BCUT2D eigenvalue weighted by Crippen LogP contribution is -2.28. The summed E-state index contributed by atoms with van der Waals surface area (Å²) in [5, 5.41) is 3.88. The molecule has 0 radical (unpaired) electrons. The highest BCUT2D eigenvalue weighted by Crippen LogP contribution is 2.25. The molecule has 3 aromatic rings. The van der Waals surface area contributed by atoms with Crippen molar-refractivity contribution in [2.75, 3.05) is 20.3 Å². The second-order valence-corrected chi connectivity index (χ2v) is 5.53. The van der Waals surface area contributed by atoms with Gasteiger partial charge in [-0.1, -0.05) is 23.8 Å². The Bertz CT molecular complexity index is 855. The summed E-state index contributed by atoms with van der Waals surface area (Å²) in [5.74, 6) is 1.19. The van der Waals surface area contributed by atoms with Gasteiger partial charge in [-0.3, -0.25) is 4.79 Å². The van der Waals surface area contributed by atoms with Gasteiger partial charge in [0.1, 0.15) is 12.3 Å². The van der Waals surface area contributed by atoms with E-state index in [1.54, 1.807) is 7.11 Å². The molecule has 5 nitrogen and oxygen atoms in total. The number of carbonyl (C=O) groups is 1. The summed E-state index contributed by atoms with van der Waals surface area (Å²) in [6, 6.07) is 15.3. The molecule has 0 aliphatic heterocycles. The third-order valence-electron chi connectivity index (χ3n) is 3.74. The molecule has 3 rings (SSSR count). The zero-order chi connectivity index (χ0) is 16.9. The fraction of sp³-hybridized carbons (Fsp3) is 0.211. The lowest BCUT2D eigenvalue weighted by atomic mass is 10.2. The molecular formula is C19H20N2O3. The maximum atomic E-state index is 12.2. The zero-order valence-electron chi connectivity index (χ0n) is 13.8. The number of para-hydroxylation sites is 2. The van der Waals surface area contributed by atoms with Crippen molar-refractivity contribution in [2.45, 2.75) is 6.92 Å². The highest BCUT2D eigenvalue weighted by molar-refractivity contribution is 5.98. The van der Waals surface area contributed by atoms with Gasteiger partial charge in [0.2, 0.25) is 0 Å². The summed E-state index contributed by atoms with van der Waals surface area (Å²) in [4.78, 5) is 15.3. The van der Waals surface area contributed by atoms with E-state index in [1.165, 1.54) is 5.56 Å². The third-order valence-corrected chi connectivity index (χ3v) is 3.74. The van der Waals surface area contributed by atoms with E-state index in [-0.39, 0.29) is 5.91 Å². The van der Waals surface area contributed by atoms with E-state index in [0.717, 1.165) is 10.9 Å². The number of H-pyrrole nitrogens is 1. The van der Waals surface area contributed by atoms with Crippen LogP contribution in [-0.2, 0) is 0 Å². The van der Waals surface area contributed by atoms with E-state index < -0.39 is 0 Å². The van der Waals surface area contributed by atoms with E-state index in [9.17, 15) is 4.79 Å². The van der Waals surface area contributed by atoms with Gasteiger partial charge in [0.05, 0.1) is 13.7 Å². The molecule has 2 aromatic carbocycles. The maximum Gasteiger partial charge on any atom is 0.267 e. The second kappa shape index (κ2) is 7.08. The molecule has 2 N–H and O–H groups in total. The number of aromatic amines is 1. The minimum Gasteiger partial charge on any atom is -0.493 e. The van der Waals surface area contributed by atoms with Crippen LogP contribution in [0.1, 0.15) is 16.1 Å². The first-order chi connectivity index (χ1) is 11.7. The zero-order valence-corrected chi connectivity index (χ0v) is 13.8. The minimum atomic E-state index is -0.146. The SMILES string of the molecule is COc1ccccc1OCCNC(=O)c1cc2cc(C)ccc2[nH]1. The molecule has 0 aliphatic carbocycles. The van der Waals surface area contributed by atoms with Crippen LogP contribution in [0.2, 0.25) is 0 Å². The largest absolute Gasteiger partial charge is 0.493 e. The number of nitrogens with one attached hydrogen (secondary N) is 2. The molecule has 24 heavy (non-hydrogen) atoms. The van der Waals surface area contributed by atoms with Gasteiger partial charge in [0.15, 0.2) is 11.5 Å². The lowest BCUT2D eigenvalue weighted by Gasteiger charge is -2.10. The van der Waals surface area contributed by atoms with Crippen LogP contribution in [0.4, 0.5) is 0 Å². The van der Waals surface area contributed by atoms with Crippen molar-refractivity contribution in [2.24, 2.45) is 0 Å². The lowest BCUT2D eigenvalue weighted by molar-refractivity contribution is 0.0942. The summed E-state index contributed by atoms with van der Waals surface area (Å²) in [6.07, 6.45) is 0. The van der Waals surface area contributed by atoms with Gasteiger partial charge in [-0.2, -0.15) is 0 Å². The quantitative estimate of drug-likeness (QED) is 0.684. The maximum absolute atomic E-state index is 12.2. The van der Waals surface area contributed by atoms with Gasteiger partial charge in [-0.05, 0) is 37.3 Å². The number of benzene rings is 2. The van der Waals surface area contributed by atoms with E-state index in [1.807, 2.05) is 55.5 Å². The van der Waals surface area contributed by atoms with E-state index in [0.29, 0.717) is 30.3 Å². The predicted molar refractivity (Wildman–Crippen MR) is 93.9 cm³/mol. The molecule has 5 heteroatoms. The van der Waals surface area contributed by atoms with Crippen molar-refractivity contribution in [1.82, 2.24) is 10.3 Å². The molecule has 0 spiro atoms. The molecular weight excluding hydrogens is 304 g/mol. The third kappa shape index (κ3) is 3.51. The number of rotatable bonds is 6. The molecule has 1 amide bonds. The van der Waals surface area contributed by atoms with Crippen LogP contribution >= 0.6 is 0 Å². The molecule has 0 saturated heterocycles. The molecule has 0 bridgehead atoms. The first-order valence-electron chi connectivity index (χ1n) is 7.81. The summed E-state index contributed by atoms with van der Waals surface area (Å²) in [7, 11) is 1.60. The van der Waals surface area contributed by atoms with E-state index in [2.05, 4.69) is 10.3 Å². The predicted octanol–water partition coefficient (Wildman–Crippen LogP) is 3.29. The van der Waals surface area contributed by atoms with Crippen LogP contribution in [0.3, 0.4) is 0 Å². The smallest absolute Gasteiger partial charge is 0.267 e. The second-order valence-electron chi connectivity index (χ2n) is 5.53. The van der Waals surface area contributed by atoms with Crippen LogP contribution in [-0.4, -0.2) is 31.2 Å². The number of hydrogen-bond donors (Lipinski definition) is 2. The Morgan fingerprint density at radius 2 is 1.92 bits per heavy atom. The molecule has 1 heterocycles. The number of methoxy groups -OCH3 is 1. The van der Waals surface area contributed by atoms with Crippen LogP contribution in [0.5, 0.6) is 11.5 Å². The van der Waals surface area contributed by atoms with Gasteiger partial charge in [-0.25, -0.2) is 0 Å². The highest BCUT2D eigenvalue weighted by atomic mass is 16.5. The molecule has 124 valence electrons. The van der Waals surface area contributed by atoms with Crippen molar-refractivity contribution >= 4 is 16.8 Å². The average Bonchev–Trinajstić information content (AvgIpc) is 3.02. The van der Waals surface area contributed by atoms with Gasteiger partial charge in [0, 0.05) is 10.9 Å². The fourth-order valence-corrected chi connectivity index (χ4v) is 2.53. The number of aryl methyl sites for hydroxylation is 1. The van der Waals surface area contributed by atoms with Gasteiger partial charge < -0.3 is 19.8 Å². The van der Waals surface area contributed by atoms with Crippen molar-refractivity contribution < 1.29 is 14.3 Å². The molecule has 0 unspecified atom stereocenters. The van der Waals surface area contributed by atoms with Crippen molar-refractivity contribution in [3.63, 3.8) is 0 Å². The normalized spacial score (nSPS) is 10.6. The number of carbonyl (C=O) groups excluding carboxylic acids is 1. The first-order valence-corrected chi connectivity index (χ1v) is 7.81. The Balaban J connectivity index is 1.55. The minimum absolute atomic E-state index is 0.146. The molecule has 0 saturated carbocycles. The summed E-state index contributed by atoms with van der Waals surface area (Å²) >= 11 is 0. The molecule has 0 atom stereocenters. The Labute approximate surface area is 140 Å². The number of aromatic nitrogens is 1. The standard InChI is InChI=1S/C19H20N2O3/c1-13-7-8-15-14(11-13)12-16(21-15)19(22)20-9-10-24-18-6-4-3-5-17(18)23-2/h3-8,11-12,21H,9-10H2,1-2H3,(H,20,22). The van der Waals surface area contributed by atoms with Gasteiger partial charge in [-0.15, -0.1) is 0 Å². The number of fused-ring (bicyclic) bond motifs is 1. The topological polar surface area (TPSA) is 63.4 Å².